The van der Waals surface area contributed by atoms with Crippen molar-refractivity contribution < 1.29 is 19.7 Å². The number of ether oxygens (including phenoxy) is 1. The van der Waals surface area contributed by atoms with Gasteiger partial charge >= 0.3 is 5.97 Å². The first-order valence-corrected chi connectivity index (χ1v) is 3.47. The number of carbonyl (C=O) groups is 1. The van der Waals surface area contributed by atoms with E-state index in [-0.39, 0.29) is 12.7 Å². The second-order valence-electron chi connectivity index (χ2n) is 2.09. The Morgan fingerprint density at radius 3 is 2.58 bits per heavy atom. The topological polar surface area (TPSA) is 66.8 Å². The molecule has 68 valence electrons. The Morgan fingerprint density at radius 2 is 2.42 bits per heavy atom. The monoisotopic (exact) mass is 172 g/mol. The molecule has 0 radical (unpaired) electrons. The maximum absolute atomic E-state index is 9.25. The SMILES string of the molecule is C=CC(=O)O.OCC1CC=CO1. The molecule has 0 aliphatic carbocycles. The van der Waals surface area contributed by atoms with Crippen LogP contribution in [0.2, 0.25) is 0 Å². The highest BCUT2D eigenvalue weighted by Crippen LogP contribution is 2.06. The Labute approximate surface area is 70.8 Å². The fourth-order valence-corrected chi connectivity index (χ4v) is 0.547. The van der Waals surface area contributed by atoms with Crippen LogP contribution in [0.5, 0.6) is 0 Å². The Morgan fingerprint density at radius 1 is 1.83 bits per heavy atom. The lowest BCUT2D eigenvalue weighted by molar-refractivity contribution is -0.131. The lowest BCUT2D eigenvalue weighted by Gasteiger charge is -2.02. The van der Waals surface area contributed by atoms with E-state index in [2.05, 4.69) is 6.58 Å². The van der Waals surface area contributed by atoms with E-state index >= 15 is 0 Å². The minimum Gasteiger partial charge on any atom is -0.496 e. The maximum Gasteiger partial charge on any atom is 0.327 e. The molecule has 0 aromatic carbocycles. The van der Waals surface area contributed by atoms with Gasteiger partial charge in [0.2, 0.25) is 0 Å². The molecule has 4 nitrogen and oxygen atoms in total. The number of aliphatic carboxylic acids is 1. The third-order valence-electron chi connectivity index (χ3n) is 1.14. The largest absolute Gasteiger partial charge is 0.496 e. The molecule has 0 aromatic rings. The minimum atomic E-state index is -0.981. The zero-order chi connectivity index (χ0) is 9.40. The van der Waals surface area contributed by atoms with Crippen LogP contribution in [0.25, 0.3) is 0 Å². The van der Waals surface area contributed by atoms with Crippen LogP contribution in [-0.2, 0) is 9.53 Å². The van der Waals surface area contributed by atoms with Crippen LogP contribution in [0.3, 0.4) is 0 Å². The summed E-state index contributed by atoms with van der Waals surface area (Å²) in [4.78, 5) is 9.25. The summed E-state index contributed by atoms with van der Waals surface area (Å²) < 4.78 is 4.87. The van der Waals surface area contributed by atoms with Gasteiger partial charge < -0.3 is 14.9 Å². The Balaban J connectivity index is 0.000000217. The third-order valence-corrected chi connectivity index (χ3v) is 1.14. The van der Waals surface area contributed by atoms with Crippen molar-refractivity contribution in [1.82, 2.24) is 0 Å². The molecule has 12 heavy (non-hydrogen) atoms. The zero-order valence-electron chi connectivity index (χ0n) is 6.64. The van der Waals surface area contributed by atoms with Gasteiger partial charge in [0.1, 0.15) is 6.10 Å². The molecule has 1 atom stereocenters. The average Bonchev–Trinajstić information content (AvgIpc) is 2.57. The third kappa shape index (κ3) is 5.49. The van der Waals surface area contributed by atoms with E-state index in [1.807, 2.05) is 6.08 Å². The first-order chi connectivity index (χ1) is 5.70. The molecule has 0 bridgehead atoms. The van der Waals surface area contributed by atoms with Gasteiger partial charge in [-0.25, -0.2) is 4.79 Å². The molecule has 1 aliphatic rings. The number of aliphatic hydroxyl groups excluding tert-OH is 1. The second kappa shape index (κ2) is 6.42. The maximum atomic E-state index is 9.25. The first kappa shape index (κ1) is 10.7. The fourth-order valence-electron chi connectivity index (χ4n) is 0.547. The Kier molecular flexibility index (Phi) is 5.73. The first-order valence-electron chi connectivity index (χ1n) is 3.47. The number of carboxylic acid groups (broad SMARTS) is 1. The minimum absolute atomic E-state index is 0.0417. The number of rotatable bonds is 2. The van der Waals surface area contributed by atoms with Crippen molar-refractivity contribution in [2.45, 2.75) is 12.5 Å². The molecule has 0 amide bonds. The van der Waals surface area contributed by atoms with Crippen molar-refractivity contribution >= 4 is 5.97 Å². The molecule has 0 fully saturated rings. The predicted octanol–water partition coefficient (Wildman–Crippen LogP) is 0.538. The van der Waals surface area contributed by atoms with Gasteiger partial charge in [0.15, 0.2) is 0 Å². The van der Waals surface area contributed by atoms with Gasteiger partial charge in [0, 0.05) is 12.5 Å². The summed E-state index contributed by atoms with van der Waals surface area (Å²) in [6.07, 6.45) is 5.26. The Hall–Kier alpha value is -1.29. The number of aliphatic hydroxyl groups is 1. The highest BCUT2D eigenvalue weighted by Gasteiger charge is 2.07. The molecule has 2 N–H and O–H groups in total. The molecule has 4 heteroatoms. The van der Waals surface area contributed by atoms with Gasteiger partial charge in [-0.3, -0.25) is 0 Å². The van der Waals surface area contributed by atoms with Gasteiger partial charge in [-0.2, -0.15) is 0 Å². The van der Waals surface area contributed by atoms with Crippen molar-refractivity contribution in [3.05, 3.63) is 25.0 Å². The summed E-state index contributed by atoms with van der Waals surface area (Å²) in [5, 5.41) is 16.0. The molecule has 1 aliphatic heterocycles. The van der Waals surface area contributed by atoms with Crippen molar-refractivity contribution in [3.8, 4) is 0 Å². The quantitative estimate of drug-likeness (QED) is 0.596. The second-order valence-corrected chi connectivity index (χ2v) is 2.09. The van der Waals surface area contributed by atoms with Crippen LogP contribution in [-0.4, -0.2) is 28.9 Å². The van der Waals surface area contributed by atoms with Crippen molar-refractivity contribution in [1.29, 1.82) is 0 Å². The highest BCUT2D eigenvalue weighted by molar-refractivity contribution is 5.78. The van der Waals surface area contributed by atoms with E-state index < -0.39 is 5.97 Å². The summed E-state index contributed by atoms with van der Waals surface area (Å²) >= 11 is 0. The molecule has 0 spiro atoms. The molecule has 1 unspecified atom stereocenters. The van der Waals surface area contributed by atoms with Crippen molar-refractivity contribution in [2.24, 2.45) is 0 Å². The normalized spacial score (nSPS) is 18.9. The molecule has 0 aromatic heterocycles. The van der Waals surface area contributed by atoms with Crippen molar-refractivity contribution in [2.75, 3.05) is 6.61 Å². The van der Waals surface area contributed by atoms with Gasteiger partial charge in [0.25, 0.3) is 0 Å². The van der Waals surface area contributed by atoms with Crippen LogP contribution in [0, 0.1) is 0 Å². The van der Waals surface area contributed by atoms with Crippen LogP contribution in [0.1, 0.15) is 6.42 Å². The lowest BCUT2D eigenvalue weighted by atomic mass is 10.3. The molecule has 1 heterocycles. The standard InChI is InChI=1S/C5H8O2.C3H4O2/c6-4-5-2-1-3-7-5;1-2-3(4)5/h1,3,5-6H,2,4H2;2H,1H2,(H,4,5). The number of hydrogen-bond donors (Lipinski definition) is 2. The van der Waals surface area contributed by atoms with Gasteiger partial charge in [-0.05, 0) is 6.08 Å². The summed E-state index contributed by atoms with van der Waals surface area (Å²) in [7, 11) is 0. The van der Waals surface area contributed by atoms with Crippen molar-refractivity contribution in [3.63, 3.8) is 0 Å². The van der Waals surface area contributed by atoms with E-state index in [4.69, 9.17) is 14.9 Å². The van der Waals surface area contributed by atoms with E-state index in [0.717, 1.165) is 12.5 Å². The highest BCUT2D eigenvalue weighted by atomic mass is 16.5. The van der Waals surface area contributed by atoms with Crippen LogP contribution in [0.4, 0.5) is 0 Å². The molecular formula is C8H12O4. The molecule has 0 saturated carbocycles. The summed E-state index contributed by atoms with van der Waals surface area (Å²) in [5.74, 6) is -0.981. The smallest absolute Gasteiger partial charge is 0.327 e. The lowest BCUT2D eigenvalue weighted by Crippen LogP contribution is -2.08. The van der Waals surface area contributed by atoms with E-state index in [9.17, 15) is 4.79 Å². The van der Waals surface area contributed by atoms with E-state index in [1.54, 1.807) is 6.26 Å². The van der Waals surface area contributed by atoms with Crippen LogP contribution in [0.15, 0.2) is 25.0 Å². The molecule has 0 saturated heterocycles. The Bertz CT molecular complexity index is 166. The number of hydrogen-bond acceptors (Lipinski definition) is 3. The number of carboxylic acids is 1. The summed E-state index contributed by atoms with van der Waals surface area (Å²) in [6, 6.07) is 0. The van der Waals surface area contributed by atoms with Crippen LogP contribution >= 0.6 is 0 Å². The fraction of sp³-hybridized carbons (Fsp3) is 0.375. The van der Waals surface area contributed by atoms with E-state index in [1.165, 1.54) is 0 Å². The van der Waals surface area contributed by atoms with Gasteiger partial charge in [-0.15, -0.1) is 0 Å². The molecule has 1 rings (SSSR count). The molecular weight excluding hydrogens is 160 g/mol. The summed E-state index contributed by atoms with van der Waals surface area (Å²) in [6.45, 7) is 3.09. The predicted molar refractivity (Wildman–Crippen MR) is 43.5 cm³/mol. The van der Waals surface area contributed by atoms with E-state index in [0.29, 0.717) is 0 Å². The van der Waals surface area contributed by atoms with Gasteiger partial charge in [0.05, 0.1) is 12.9 Å². The van der Waals surface area contributed by atoms with Crippen LogP contribution < -0.4 is 0 Å². The zero-order valence-corrected chi connectivity index (χ0v) is 6.64. The average molecular weight is 172 g/mol. The van der Waals surface area contributed by atoms with Gasteiger partial charge in [-0.1, -0.05) is 6.58 Å². The summed E-state index contributed by atoms with van der Waals surface area (Å²) in [5.41, 5.74) is 0.